The van der Waals surface area contributed by atoms with Gasteiger partial charge in [0.05, 0.1) is 17.1 Å². The van der Waals surface area contributed by atoms with Crippen LogP contribution in [0.15, 0.2) is 16.6 Å². The standard InChI is InChI=1S/C8H8BrF2NO/c9-7-4(6(12)3-13)1-2-5(10)8(7)11/h1-2,6,13H,3,12H2/t6-/m1/s1. The molecule has 1 atom stereocenters. The Hall–Kier alpha value is -0.520. The summed E-state index contributed by atoms with van der Waals surface area (Å²) in [7, 11) is 0. The van der Waals surface area contributed by atoms with Crippen molar-refractivity contribution in [2.45, 2.75) is 6.04 Å². The Labute approximate surface area is 82.5 Å². The first-order valence-corrected chi connectivity index (χ1v) is 4.37. The molecule has 13 heavy (non-hydrogen) atoms. The minimum Gasteiger partial charge on any atom is -0.394 e. The van der Waals surface area contributed by atoms with E-state index in [9.17, 15) is 8.78 Å². The third-order valence-electron chi connectivity index (χ3n) is 1.66. The highest BCUT2D eigenvalue weighted by Crippen LogP contribution is 2.26. The lowest BCUT2D eigenvalue weighted by molar-refractivity contribution is 0.267. The minimum absolute atomic E-state index is 0.0333. The van der Waals surface area contributed by atoms with Crippen LogP contribution >= 0.6 is 15.9 Å². The second kappa shape index (κ2) is 4.13. The Kier molecular flexibility index (Phi) is 3.35. The summed E-state index contributed by atoms with van der Waals surface area (Å²) in [5.74, 6) is -1.93. The topological polar surface area (TPSA) is 46.2 Å². The number of hydrogen-bond donors (Lipinski definition) is 2. The number of aliphatic hydroxyl groups excluding tert-OH is 1. The van der Waals surface area contributed by atoms with E-state index >= 15 is 0 Å². The molecule has 0 bridgehead atoms. The summed E-state index contributed by atoms with van der Waals surface area (Å²) < 4.78 is 25.5. The van der Waals surface area contributed by atoms with Crippen LogP contribution in [0.4, 0.5) is 8.78 Å². The van der Waals surface area contributed by atoms with Crippen LogP contribution in [0.1, 0.15) is 11.6 Å². The quantitative estimate of drug-likeness (QED) is 0.787. The van der Waals surface area contributed by atoms with Crippen molar-refractivity contribution in [1.29, 1.82) is 0 Å². The lowest BCUT2D eigenvalue weighted by Gasteiger charge is -2.11. The fourth-order valence-corrected chi connectivity index (χ4v) is 1.54. The molecule has 0 aliphatic heterocycles. The van der Waals surface area contributed by atoms with E-state index in [1.54, 1.807) is 0 Å². The van der Waals surface area contributed by atoms with E-state index in [1.165, 1.54) is 6.07 Å². The van der Waals surface area contributed by atoms with Crippen molar-refractivity contribution in [2.75, 3.05) is 6.61 Å². The third-order valence-corrected chi connectivity index (χ3v) is 2.47. The maximum absolute atomic E-state index is 12.9. The van der Waals surface area contributed by atoms with Crippen LogP contribution < -0.4 is 5.73 Å². The van der Waals surface area contributed by atoms with Gasteiger partial charge in [0.15, 0.2) is 11.6 Å². The highest BCUT2D eigenvalue weighted by molar-refractivity contribution is 9.10. The molecular formula is C8H8BrF2NO. The van der Waals surface area contributed by atoms with Crippen molar-refractivity contribution < 1.29 is 13.9 Å². The molecule has 0 spiro atoms. The predicted molar refractivity (Wildman–Crippen MR) is 48.1 cm³/mol. The van der Waals surface area contributed by atoms with Crippen molar-refractivity contribution in [1.82, 2.24) is 0 Å². The predicted octanol–water partition coefficient (Wildman–Crippen LogP) is 1.72. The van der Waals surface area contributed by atoms with Crippen LogP contribution in [0.3, 0.4) is 0 Å². The van der Waals surface area contributed by atoms with Gasteiger partial charge in [0.1, 0.15) is 0 Å². The van der Waals surface area contributed by atoms with Gasteiger partial charge < -0.3 is 10.8 Å². The lowest BCUT2D eigenvalue weighted by Crippen LogP contribution is -2.15. The first kappa shape index (κ1) is 10.6. The smallest absolute Gasteiger partial charge is 0.173 e. The molecule has 0 fully saturated rings. The number of rotatable bonds is 2. The molecule has 0 aliphatic carbocycles. The second-order valence-electron chi connectivity index (χ2n) is 2.55. The van der Waals surface area contributed by atoms with Gasteiger partial charge in [0.25, 0.3) is 0 Å². The molecule has 72 valence electrons. The number of aliphatic hydroxyl groups is 1. The van der Waals surface area contributed by atoms with Crippen LogP contribution in [0.5, 0.6) is 0 Å². The van der Waals surface area contributed by atoms with Crippen LogP contribution in [-0.4, -0.2) is 11.7 Å². The Morgan fingerprint density at radius 1 is 1.46 bits per heavy atom. The van der Waals surface area contributed by atoms with Crippen LogP contribution in [0, 0.1) is 11.6 Å². The Bertz CT molecular complexity index is 319. The molecule has 0 aromatic heterocycles. The molecule has 1 rings (SSSR count). The summed E-state index contributed by atoms with van der Waals surface area (Å²) in [6.07, 6.45) is 0. The highest BCUT2D eigenvalue weighted by Gasteiger charge is 2.15. The van der Waals surface area contributed by atoms with E-state index in [0.29, 0.717) is 5.56 Å². The molecule has 5 heteroatoms. The zero-order valence-corrected chi connectivity index (χ0v) is 8.18. The maximum Gasteiger partial charge on any atom is 0.173 e. The van der Waals surface area contributed by atoms with Crippen LogP contribution in [0.2, 0.25) is 0 Å². The van der Waals surface area contributed by atoms with E-state index in [0.717, 1.165) is 6.07 Å². The van der Waals surface area contributed by atoms with Gasteiger partial charge in [-0.3, -0.25) is 0 Å². The molecule has 3 N–H and O–H groups in total. The van der Waals surface area contributed by atoms with E-state index < -0.39 is 17.7 Å². The van der Waals surface area contributed by atoms with E-state index in [-0.39, 0.29) is 11.1 Å². The first-order chi connectivity index (χ1) is 6.07. The highest BCUT2D eigenvalue weighted by atomic mass is 79.9. The zero-order chi connectivity index (χ0) is 10.0. The summed E-state index contributed by atoms with van der Waals surface area (Å²) >= 11 is 2.87. The average molecular weight is 252 g/mol. The largest absolute Gasteiger partial charge is 0.394 e. The van der Waals surface area contributed by atoms with E-state index in [1.807, 2.05) is 0 Å². The van der Waals surface area contributed by atoms with Gasteiger partial charge in [-0.1, -0.05) is 6.07 Å². The molecule has 1 aromatic carbocycles. The van der Waals surface area contributed by atoms with Crippen molar-refractivity contribution in [3.63, 3.8) is 0 Å². The Balaban J connectivity index is 3.18. The minimum atomic E-state index is -0.985. The van der Waals surface area contributed by atoms with Gasteiger partial charge in [-0.2, -0.15) is 0 Å². The molecular weight excluding hydrogens is 244 g/mol. The molecule has 0 aliphatic rings. The number of benzene rings is 1. The van der Waals surface area contributed by atoms with Gasteiger partial charge in [0.2, 0.25) is 0 Å². The summed E-state index contributed by atoms with van der Waals surface area (Å²) in [4.78, 5) is 0. The molecule has 0 saturated carbocycles. The zero-order valence-electron chi connectivity index (χ0n) is 6.60. The van der Waals surface area contributed by atoms with Gasteiger partial charge in [-0.15, -0.1) is 0 Å². The summed E-state index contributed by atoms with van der Waals surface area (Å²) in [5, 5.41) is 8.71. The van der Waals surface area contributed by atoms with Gasteiger partial charge >= 0.3 is 0 Å². The van der Waals surface area contributed by atoms with Crippen molar-refractivity contribution in [2.24, 2.45) is 5.73 Å². The van der Waals surface area contributed by atoms with Crippen molar-refractivity contribution in [3.05, 3.63) is 33.8 Å². The van der Waals surface area contributed by atoms with Gasteiger partial charge in [0, 0.05) is 0 Å². The molecule has 0 unspecified atom stereocenters. The van der Waals surface area contributed by atoms with E-state index in [4.69, 9.17) is 10.8 Å². The summed E-state index contributed by atoms with van der Waals surface area (Å²) in [6.45, 7) is -0.316. The SMILES string of the molecule is N[C@H](CO)c1ccc(F)c(F)c1Br. The molecule has 0 radical (unpaired) electrons. The normalized spacial score (nSPS) is 13.0. The first-order valence-electron chi connectivity index (χ1n) is 3.57. The molecule has 0 heterocycles. The maximum atomic E-state index is 12.9. The van der Waals surface area contributed by atoms with Crippen LogP contribution in [0.25, 0.3) is 0 Å². The number of hydrogen-bond acceptors (Lipinski definition) is 2. The van der Waals surface area contributed by atoms with E-state index in [2.05, 4.69) is 15.9 Å². The molecule has 2 nitrogen and oxygen atoms in total. The number of nitrogens with two attached hydrogens (primary N) is 1. The van der Waals surface area contributed by atoms with Gasteiger partial charge in [-0.05, 0) is 27.6 Å². The van der Waals surface area contributed by atoms with Crippen LogP contribution in [-0.2, 0) is 0 Å². The van der Waals surface area contributed by atoms with Gasteiger partial charge in [-0.25, -0.2) is 8.78 Å². The molecule has 0 amide bonds. The Morgan fingerprint density at radius 3 is 2.62 bits per heavy atom. The third kappa shape index (κ3) is 2.04. The summed E-state index contributed by atoms with van der Waals surface area (Å²) in [6, 6.07) is 1.61. The average Bonchev–Trinajstić information content (AvgIpc) is 2.13. The monoisotopic (exact) mass is 251 g/mol. The summed E-state index contributed by atoms with van der Waals surface area (Å²) in [5.41, 5.74) is 5.79. The molecule has 0 saturated heterocycles. The molecule has 1 aromatic rings. The van der Waals surface area contributed by atoms with Crippen molar-refractivity contribution >= 4 is 15.9 Å². The van der Waals surface area contributed by atoms with Crippen molar-refractivity contribution in [3.8, 4) is 0 Å². The fraction of sp³-hybridized carbons (Fsp3) is 0.250. The lowest BCUT2D eigenvalue weighted by atomic mass is 10.1. The second-order valence-corrected chi connectivity index (χ2v) is 3.35. The number of halogens is 3. The fourth-order valence-electron chi connectivity index (χ4n) is 0.926. The Morgan fingerprint density at radius 2 is 2.08 bits per heavy atom.